The minimum Gasteiger partial charge on any atom is -0.478 e. The molecular weight excluding hydrogens is 250 g/mol. The SMILES string of the molecule is Cc1ccsc1C(=O)Nc1cccc(C(=O)O)c1. The fraction of sp³-hybridized carbons (Fsp3) is 0.0769. The van der Waals surface area contributed by atoms with Gasteiger partial charge in [0.1, 0.15) is 0 Å². The number of hydrogen-bond acceptors (Lipinski definition) is 3. The molecule has 0 aliphatic rings. The first kappa shape index (κ1) is 12.3. The van der Waals surface area contributed by atoms with Gasteiger partial charge in [-0.3, -0.25) is 4.79 Å². The van der Waals surface area contributed by atoms with Crippen molar-refractivity contribution < 1.29 is 14.7 Å². The van der Waals surface area contributed by atoms with Crippen LogP contribution in [0.5, 0.6) is 0 Å². The molecule has 0 saturated heterocycles. The smallest absolute Gasteiger partial charge is 0.335 e. The summed E-state index contributed by atoms with van der Waals surface area (Å²) in [7, 11) is 0. The van der Waals surface area contributed by atoms with Crippen molar-refractivity contribution in [3.05, 3.63) is 51.7 Å². The number of amides is 1. The molecule has 1 amide bonds. The van der Waals surface area contributed by atoms with Gasteiger partial charge in [0.2, 0.25) is 0 Å². The topological polar surface area (TPSA) is 66.4 Å². The van der Waals surface area contributed by atoms with Gasteiger partial charge in [-0.2, -0.15) is 0 Å². The largest absolute Gasteiger partial charge is 0.478 e. The van der Waals surface area contributed by atoms with E-state index in [1.54, 1.807) is 12.1 Å². The van der Waals surface area contributed by atoms with Crippen LogP contribution in [0.4, 0.5) is 5.69 Å². The minimum absolute atomic E-state index is 0.149. The Bertz CT molecular complexity index is 604. The third kappa shape index (κ3) is 2.57. The predicted octanol–water partition coefficient (Wildman–Crippen LogP) is 3.01. The number of anilines is 1. The standard InChI is InChI=1S/C13H11NO3S/c1-8-5-6-18-11(8)12(15)14-10-4-2-3-9(7-10)13(16)17/h2-7H,1H3,(H,14,15)(H,16,17). The number of carboxylic acids is 1. The van der Waals surface area contributed by atoms with Crippen LogP contribution in [0.15, 0.2) is 35.7 Å². The van der Waals surface area contributed by atoms with Crippen LogP contribution in [-0.2, 0) is 0 Å². The molecule has 1 aromatic heterocycles. The van der Waals surface area contributed by atoms with E-state index in [4.69, 9.17) is 5.11 Å². The maximum atomic E-state index is 11.9. The number of thiophene rings is 1. The van der Waals surface area contributed by atoms with Gasteiger partial charge in [-0.15, -0.1) is 11.3 Å². The minimum atomic E-state index is -1.02. The van der Waals surface area contributed by atoms with Gasteiger partial charge in [-0.25, -0.2) is 4.79 Å². The molecule has 2 N–H and O–H groups in total. The van der Waals surface area contributed by atoms with Crippen molar-refractivity contribution in [3.8, 4) is 0 Å². The van der Waals surface area contributed by atoms with Crippen LogP contribution in [0.25, 0.3) is 0 Å². The van der Waals surface area contributed by atoms with E-state index in [1.807, 2.05) is 18.4 Å². The van der Waals surface area contributed by atoms with Crippen molar-refractivity contribution in [3.63, 3.8) is 0 Å². The van der Waals surface area contributed by atoms with E-state index in [2.05, 4.69) is 5.32 Å². The maximum absolute atomic E-state index is 11.9. The number of carbonyl (C=O) groups excluding carboxylic acids is 1. The van der Waals surface area contributed by atoms with Crippen LogP contribution in [0, 0.1) is 6.92 Å². The number of carboxylic acid groups (broad SMARTS) is 1. The Hall–Kier alpha value is -2.14. The Morgan fingerprint density at radius 3 is 2.67 bits per heavy atom. The molecule has 18 heavy (non-hydrogen) atoms. The van der Waals surface area contributed by atoms with Gasteiger partial charge in [0, 0.05) is 5.69 Å². The molecule has 2 aromatic rings. The summed E-state index contributed by atoms with van der Waals surface area (Å²) in [5, 5.41) is 13.4. The molecular formula is C13H11NO3S. The lowest BCUT2D eigenvalue weighted by atomic mass is 10.2. The monoisotopic (exact) mass is 261 g/mol. The second kappa shape index (κ2) is 5.01. The van der Waals surface area contributed by atoms with E-state index in [-0.39, 0.29) is 11.5 Å². The van der Waals surface area contributed by atoms with Crippen LogP contribution in [0.2, 0.25) is 0 Å². The summed E-state index contributed by atoms with van der Waals surface area (Å²) >= 11 is 1.36. The van der Waals surface area contributed by atoms with Crippen LogP contribution in [0.3, 0.4) is 0 Å². The number of nitrogens with one attached hydrogen (secondary N) is 1. The first-order valence-corrected chi connectivity index (χ1v) is 6.14. The number of hydrogen-bond donors (Lipinski definition) is 2. The summed E-state index contributed by atoms with van der Waals surface area (Å²) in [6, 6.07) is 8.04. The molecule has 4 nitrogen and oxygen atoms in total. The fourth-order valence-electron chi connectivity index (χ4n) is 1.52. The molecule has 5 heteroatoms. The Morgan fingerprint density at radius 1 is 1.28 bits per heavy atom. The molecule has 0 fully saturated rings. The molecule has 0 unspecified atom stereocenters. The second-order valence-electron chi connectivity index (χ2n) is 3.77. The van der Waals surface area contributed by atoms with Crippen LogP contribution < -0.4 is 5.32 Å². The third-order valence-electron chi connectivity index (χ3n) is 2.44. The van der Waals surface area contributed by atoms with E-state index < -0.39 is 5.97 Å². The van der Waals surface area contributed by atoms with Crippen molar-refractivity contribution in [2.24, 2.45) is 0 Å². The van der Waals surface area contributed by atoms with Crippen molar-refractivity contribution >= 4 is 28.9 Å². The molecule has 0 aliphatic heterocycles. The quantitative estimate of drug-likeness (QED) is 0.892. The lowest BCUT2D eigenvalue weighted by molar-refractivity contribution is 0.0696. The zero-order valence-corrected chi connectivity index (χ0v) is 10.5. The summed E-state index contributed by atoms with van der Waals surface area (Å²) in [6.45, 7) is 1.86. The second-order valence-corrected chi connectivity index (χ2v) is 4.69. The zero-order valence-electron chi connectivity index (χ0n) is 9.64. The summed E-state index contributed by atoms with van der Waals surface area (Å²) in [4.78, 5) is 23.4. The van der Waals surface area contributed by atoms with Crippen LogP contribution in [0.1, 0.15) is 25.6 Å². The van der Waals surface area contributed by atoms with Crippen LogP contribution in [-0.4, -0.2) is 17.0 Å². The van der Waals surface area contributed by atoms with E-state index in [0.717, 1.165) is 5.56 Å². The molecule has 2 rings (SSSR count). The highest BCUT2D eigenvalue weighted by atomic mass is 32.1. The molecule has 0 radical (unpaired) electrons. The average molecular weight is 261 g/mol. The Kier molecular flexibility index (Phi) is 3.43. The summed E-state index contributed by atoms with van der Waals surface area (Å²) in [5.74, 6) is -1.23. The Morgan fingerprint density at radius 2 is 2.06 bits per heavy atom. The lowest BCUT2D eigenvalue weighted by Gasteiger charge is -2.05. The van der Waals surface area contributed by atoms with E-state index in [9.17, 15) is 9.59 Å². The molecule has 1 aromatic carbocycles. The maximum Gasteiger partial charge on any atom is 0.335 e. The number of aromatic carboxylic acids is 1. The molecule has 0 atom stereocenters. The molecule has 0 bridgehead atoms. The van der Waals surface area contributed by atoms with Gasteiger partial charge in [0.05, 0.1) is 10.4 Å². The van der Waals surface area contributed by atoms with Gasteiger partial charge < -0.3 is 10.4 Å². The van der Waals surface area contributed by atoms with Crippen molar-refractivity contribution in [1.82, 2.24) is 0 Å². The number of carbonyl (C=O) groups is 2. The van der Waals surface area contributed by atoms with Gasteiger partial charge >= 0.3 is 5.97 Å². The number of rotatable bonds is 3. The highest BCUT2D eigenvalue weighted by Crippen LogP contribution is 2.18. The zero-order chi connectivity index (χ0) is 13.1. The highest BCUT2D eigenvalue weighted by molar-refractivity contribution is 7.12. The average Bonchev–Trinajstić information content (AvgIpc) is 2.76. The molecule has 0 aliphatic carbocycles. The lowest BCUT2D eigenvalue weighted by Crippen LogP contribution is -2.11. The summed E-state index contributed by atoms with van der Waals surface area (Å²) in [6.07, 6.45) is 0. The molecule has 0 spiro atoms. The first-order valence-electron chi connectivity index (χ1n) is 5.27. The molecule has 1 heterocycles. The third-order valence-corrected chi connectivity index (χ3v) is 3.45. The summed E-state index contributed by atoms with van der Waals surface area (Å²) in [5.41, 5.74) is 1.54. The molecule has 0 saturated carbocycles. The van der Waals surface area contributed by atoms with Gasteiger partial charge in [-0.05, 0) is 42.1 Å². The fourth-order valence-corrected chi connectivity index (χ4v) is 2.34. The van der Waals surface area contributed by atoms with Crippen molar-refractivity contribution in [1.29, 1.82) is 0 Å². The molecule has 92 valence electrons. The van der Waals surface area contributed by atoms with E-state index in [0.29, 0.717) is 10.6 Å². The van der Waals surface area contributed by atoms with E-state index >= 15 is 0 Å². The van der Waals surface area contributed by atoms with Crippen molar-refractivity contribution in [2.45, 2.75) is 6.92 Å². The van der Waals surface area contributed by atoms with E-state index in [1.165, 1.54) is 23.5 Å². The van der Waals surface area contributed by atoms with Gasteiger partial charge in [-0.1, -0.05) is 6.07 Å². The highest BCUT2D eigenvalue weighted by Gasteiger charge is 2.11. The predicted molar refractivity (Wildman–Crippen MR) is 70.4 cm³/mol. The normalized spacial score (nSPS) is 10.1. The number of aryl methyl sites for hydroxylation is 1. The Labute approximate surface area is 108 Å². The van der Waals surface area contributed by atoms with Crippen molar-refractivity contribution in [2.75, 3.05) is 5.32 Å². The van der Waals surface area contributed by atoms with Gasteiger partial charge in [0.15, 0.2) is 0 Å². The van der Waals surface area contributed by atoms with Crippen LogP contribution >= 0.6 is 11.3 Å². The summed E-state index contributed by atoms with van der Waals surface area (Å²) < 4.78 is 0. The first-order chi connectivity index (χ1) is 8.58. The van der Waals surface area contributed by atoms with Gasteiger partial charge in [0.25, 0.3) is 5.91 Å². The Balaban J connectivity index is 2.20. The number of benzene rings is 1.